The Morgan fingerprint density at radius 3 is 1.92 bits per heavy atom. The zero-order valence-corrected chi connectivity index (χ0v) is 18.8. The Labute approximate surface area is 174 Å². The molecule has 1 atom stereocenters. The van der Waals surface area contributed by atoms with Gasteiger partial charge in [-0.1, -0.05) is 26.7 Å². The van der Waals surface area contributed by atoms with E-state index >= 15 is 0 Å². The molecule has 0 aromatic heterocycles. The van der Waals surface area contributed by atoms with E-state index in [1.807, 2.05) is 0 Å². The monoisotopic (exact) mass is 404 g/mol. The summed E-state index contributed by atoms with van der Waals surface area (Å²) in [6, 6.07) is 0.907. The first-order valence-electron chi connectivity index (χ1n) is 11.1. The van der Waals surface area contributed by atoms with Crippen LogP contribution < -0.4 is 0 Å². The molecule has 4 aliphatic heterocycles. The van der Waals surface area contributed by atoms with Crippen molar-refractivity contribution in [2.24, 2.45) is 16.7 Å². The van der Waals surface area contributed by atoms with E-state index < -0.39 is 0 Å². The predicted molar refractivity (Wildman–Crippen MR) is 117 cm³/mol. The SMILES string of the molecule is CCCC1(CCC)CCC2(CCN(C3CN4CCC3CC4)C2)CC1.Cl.Cl. The fourth-order valence-electron chi connectivity index (χ4n) is 7.00. The van der Waals surface area contributed by atoms with Crippen molar-refractivity contribution in [3.8, 4) is 0 Å². The second-order valence-electron chi connectivity index (χ2n) is 9.93. The Balaban J connectivity index is 0.00000121. The van der Waals surface area contributed by atoms with E-state index in [0.29, 0.717) is 5.41 Å². The second-order valence-corrected chi connectivity index (χ2v) is 9.93. The van der Waals surface area contributed by atoms with Crippen molar-refractivity contribution >= 4 is 24.8 Å². The van der Waals surface area contributed by atoms with Gasteiger partial charge < -0.3 is 4.90 Å². The summed E-state index contributed by atoms with van der Waals surface area (Å²) in [4.78, 5) is 5.69. The van der Waals surface area contributed by atoms with Crippen LogP contribution in [0.4, 0.5) is 0 Å². The van der Waals surface area contributed by atoms with E-state index in [1.54, 1.807) is 0 Å². The molecule has 0 amide bonds. The van der Waals surface area contributed by atoms with Gasteiger partial charge in [-0.15, -0.1) is 24.8 Å². The number of piperidine rings is 3. The van der Waals surface area contributed by atoms with Crippen molar-refractivity contribution in [3.05, 3.63) is 0 Å². The Hall–Kier alpha value is 0.500. The molecule has 1 unspecified atom stereocenters. The van der Waals surface area contributed by atoms with Crippen LogP contribution in [0.15, 0.2) is 0 Å². The maximum absolute atomic E-state index is 2.95. The van der Waals surface area contributed by atoms with E-state index in [0.717, 1.165) is 17.4 Å². The van der Waals surface area contributed by atoms with Crippen LogP contribution in [0.5, 0.6) is 0 Å². The molecule has 1 spiro atoms. The standard InChI is InChI=1S/C22H40N2.2ClH/c1-3-7-21(8-4-2)9-11-22(12-10-21)13-16-24(18-22)20-17-23-14-5-19(20)6-15-23;;/h19-20H,3-18H2,1-2H3;2*1H. The zero-order chi connectivity index (χ0) is 16.6. The first-order chi connectivity index (χ1) is 11.7. The smallest absolute Gasteiger partial charge is 0.0252 e. The van der Waals surface area contributed by atoms with Crippen LogP contribution in [-0.2, 0) is 0 Å². The fraction of sp³-hybridized carbons (Fsp3) is 1.00. The first kappa shape index (κ1) is 22.8. The lowest BCUT2D eigenvalue weighted by atomic mass is 9.60. The molecule has 5 aliphatic rings. The van der Waals surface area contributed by atoms with Gasteiger partial charge in [-0.05, 0) is 94.2 Å². The number of rotatable bonds is 5. The van der Waals surface area contributed by atoms with Gasteiger partial charge in [-0.2, -0.15) is 0 Å². The van der Waals surface area contributed by atoms with Gasteiger partial charge in [-0.25, -0.2) is 0 Å². The quantitative estimate of drug-likeness (QED) is 0.572. The van der Waals surface area contributed by atoms with Gasteiger partial charge in [-0.3, -0.25) is 4.90 Å². The van der Waals surface area contributed by atoms with Gasteiger partial charge >= 0.3 is 0 Å². The highest BCUT2D eigenvalue weighted by Gasteiger charge is 2.48. The van der Waals surface area contributed by atoms with Crippen LogP contribution >= 0.6 is 24.8 Å². The minimum Gasteiger partial charge on any atom is -0.302 e. The molecule has 0 N–H and O–H groups in total. The number of nitrogens with zero attached hydrogens (tertiary/aromatic N) is 2. The molecular weight excluding hydrogens is 363 g/mol. The Morgan fingerprint density at radius 2 is 1.42 bits per heavy atom. The fourth-order valence-corrected chi connectivity index (χ4v) is 7.00. The lowest BCUT2D eigenvalue weighted by Gasteiger charge is -2.49. The van der Waals surface area contributed by atoms with E-state index in [9.17, 15) is 0 Å². The van der Waals surface area contributed by atoms with Crippen molar-refractivity contribution in [2.75, 3.05) is 32.7 Å². The second kappa shape index (κ2) is 9.33. The molecule has 154 valence electrons. The number of hydrogen-bond acceptors (Lipinski definition) is 2. The van der Waals surface area contributed by atoms with Gasteiger partial charge in [0.25, 0.3) is 0 Å². The summed E-state index contributed by atoms with van der Waals surface area (Å²) in [6.07, 6.45) is 16.3. The van der Waals surface area contributed by atoms with E-state index in [1.165, 1.54) is 103 Å². The molecule has 5 fully saturated rings. The normalized spacial score (nSPS) is 35.1. The third-order valence-electron chi connectivity index (χ3n) is 8.49. The average Bonchev–Trinajstić information content (AvgIpc) is 3.04. The van der Waals surface area contributed by atoms with Crippen LogP contribution in [0.2, 0.25) is 0 Å². The number of hydrogen-bond donors (Lipinski definition) is 0. The Kier molecular flexibility index (Phi) is 8.18. The average molecular weight is 405 g/mol. The molecule has 1 saturated carbocycles. The van der Waals surface area contributed by atoms with Gasteiger partial charge in [0.05, 0.1) is 0 Å². The molecule has 4 heterocycles. The molecule has 4 saturated heterocycles. The van der Waals surface area contributed by atoms with Gasteiger partial charge in [0.2, 0.25) is 0 Å². The first-order valence-corrected chi connectivity index (χ1v) is 11.1. The summed E-state index contributed by atoms with van der Waals surface area (Å²) in [7, 11) is 0. The van der Waals surface area contributed by atoms with Gasteiger partial charge in [0.1, 0.15) is 0 Å². The van der Waals surface area contributed by atoms with Crippen molar-refractivity contribution in [1.29, 1.82) is 0 Å². The lowest BCUT2D eigenvalue weighted by Crippen LogP contribution is -2.57. The highest BCUT2D eigenvalue weighted by molar-refractivity contribution is 5.85. The third kappa shape index (κ3) is 4.39. The summed E-state index contributed by atoms with van der Waals surface area (Å²) in [5.74, 6) is 1.02. The Morgan fingerprint density at radius 1 is 0.808 bits per heavy atom. The lowest BCUT2D eigenvalue weighted by molar-refractivity contribution is 0.00277. The Bertz CT molecular complexity index is 418. The zero-order valence-electron chi connectivity index (χ0n) is 17.2. The molecule has 2 nitrogen and oxygen atoms in total. The summed E-state index contributed by atoms with van der Waals surface area (Å²) in [5.41, 5.74) is 1.43. The highest BCUT2D eigenvalue weighted by atomic mass is 35.5. The van der Waals surface area contributed by atoms with Gasteiger partial charge in [0, 0.05) is 19.1 Å². The number of likely N-dealkylation sites (tertiary alicyclic amines) is 1. The van der Waals surface area contributed by atoms with Crippen molar-refractivity contribution < 1.29 is 0 Å². The maximum atomic E-state index is 2.95. The van der Waals surface area contributed by atoms with E-state index in [2.05, 4.69) is 23.6 Å². The topological polar surface area (TPSA) is 6.48 Å². The summed E-state index contributed by atoms with van der Waals surface area (Å²) < 4.78 is 0. The maximum Gasteiger partial charge on any atom is 0.0252 e. The number of fused-ring (bicyclic) bond motifs is 3. The molecule has 2 bridgehead atoms. The van der Waals surface area contributed by atoms with E-state index in [-0.39, 0.29) is 24.8 Å². The molecule has 0 aromatic carbocycles. The predicted octanol–water partition coefficient (Wildman–Crippen LogP) is 5.78. The van der Waals surface area contributed by atoms with Crippen molar-refractivity contribution in [1.82, 2.24) is 9.80 Å². The van der Waals surface area contributed by atoms with Crippen LogP contribution in [0, 0.1) is 16.7 Å². The molecular formula is C22H42Cl2N2. The van der Waals surface area contributed by atoms with E-state index in [4.69, 9.17) is 0 Å². The minimum absolute atomic E-state index is 0. The van der Waals surface area contributed by atoms with Crippen molar-refractivity contribution in [3.63, 3.8) is 0 Å². The van der Waals surface area contributed by atoms with Crippen LogP contribution in [0.3, 0.4) is 0 Å². The molecule has 26 heavy (non-hydrogen) atoms. The molecule has 0 radical (unpaired) electrons. The van der Waals surface area contributed by atoms with Crippen molar-refractivity contribution in [2.45, 2.75) is 90.5 Å². The molecule has 1 aliphatic carbocycles. The van der Waals surface area contributed by atoms with Gasteiger partial charge in [0.15, 0.2) is 0 Å². The summed E-state index contributed by atoms with van der Waals surface area (Å²) in [6.45, 7) is 11.8. The van der Waals surface area contributed by atoms with Crippen LogP contribution in [-0.4, -0.2) is 48.6 Å². The molecule has 5 rings (SSSR count). The largest absolute Gasteiger partial charge is 0.302 e. The van der Waals surface area contributed by atoms with Crippen LogP contribution in [0.1, 0.15) is 84.5 Å². The molecule has 4 heteroatoms. The van der Waals surface area contributed by atoms with Crippen LogP contribution in [0.25, 0.3) is 0 Å². The molecule has 0 aromatic rings. The summed E-state index contributed by atoms with van der Waals surface area (Å²) in [5, 5.41) is 0. The summed E-state index contributed by atoms with van der Waals surface area (Å²) >= 11 is 0. The number of halogens is 2. The minimum atomic E-state index is 0. The highest BCUT2D eigenvalue weighted by Crippen LogP contribution is 2.54. The third-order valence-corrected chi connectivity index (χ3v) is 8.49.